The maximum Gasteiger partial charge on any atom is 0 e. The van der Waals surface area contributed by atoms with Crippen molar-refractivity contribution in [2.24, 2.45) is 0 Å². The Balaban J connectivity index is 0. The van der Waals surface area contributed by atoms with E-state index in [2.05, 4.69) is 0 Å². The largest absolute Gasteiger partial charge is 2.00 e. The van der Waals surface area contributed by atoms with Crippen LogP contribution in [0.3, 0.4) is 0 Å². The van der Waals surface area contributed by atoms with Crippen LogP contribution in [0.15, 0.2) is 0 Å². The molecule has 5 heavy (non-hydrogen) atoms. The normalized spacial score (nSPS) is 0. The Kier molecular flexibility index (Phi) is 1910. The van der Waals surface area contributed by atoms with Crippen molar-refractivity contribution in [3.8, 4) is 0 Å². The van der Waals surface area contributed by atoms with Crippen molar-refractivity contribution in [3.63, 3.8) is 0 Å². The molecule has 0 atom stereocenters. The Morgan fingerprint density at radius 3 is 0.600 bits per heavy atom. The molecular weight excluding hydrogens is 199 g/mol. The Hall–Kier alpha value is 1.09. The summed E-state index contributed by atoms with van der Waals surface area (Å²) < 4.78 is 0. The van der Waals surface area contributed by atoms with Gasteiger partial charge in [0.1, 0.15) is 0 Å². The molecule has 5 heteroatoms. The van der Waals surface area contributed by atoms with Crippen molar-refractivity contribution in [1.82, 2.24) is 0 Å². The molecule has 0 spiro atoms. The molecule has 0 N–H and O–H groups in total. The van der Waals surface area contributed by atoms with Crippen LogP contribution in [-0.2, 0) is 54.6 Å². The van der Waals surface area contributed by atoms with Crippen molar-refractivity contribution < 1.29 is 54.6 Å². The summed E-state index contributed by atoms with van der Waals surface area (Å²) in [6.45, 7) is 0. The Morgan fingerprint density at radius 1 is 0.600 bits per heavy atom. The van der Waals surface area contributed by atoms with E-state index in [1.807, 2.05) is 0 Å². The SMILES string of the molecule is [Mn].[Mo].[O-2].[O-2].[O-2]. The molecule has 0 aromatic heterocycles. The molecular formula is MnMoO3-6. The van der Waals surface area contributed by atoms with Crippen LogP contribution >= 0.6 is 0 Å². The number of rotatable bonds is 0. The minimum atomic E-state index is 0. The third-order valence-corrected chi connectivity index (χ3v) is 0. The predicted molar refractivity (Wildman–Crippen MR) is 2.06 cm³/mol. The molecule has 0 saturated carbocycles. The average Bonchev–Trinajstić information content (AvgIpc) is 0. The first-order valence-corrected chi connectivity index (χ1v) is 0. The molecule has 37 valence electrons. The quantitative estimate of drug-likeness (QED) is 0.477. The predicted octanol–water partition coefficient (Wildman–Crippen LogP) is -0.361. The minimum Gasteiger partial charge on any atom is -2.00 e. The second-order valence-corrected chi connectivity index (χ2v) is 0. The van der Waals surface area contributed by atoms with Gasteiger partial charge in [-0.1, -0.05) is 0 Å². The monoisotopic (exact) mass is 201 g/mol. The van der Waals surface area contributed by atoms with Crippen LogP contribution < -0.4 is 0 Å². The average molecular weight is 199 g/mol. The zero-order valence-corrected chi connectivity index (χ0v) is 5.20. The summed E-state index contributed by atoms with van der Waals surface area (Å²) in [6.07, 6.45) is 0. The molecule has 1 radical (unpaired) electrons. The third-order valence-electron chi connectivity index (χ3n) is 0. The molecule has 0 rings (SSSR count). The van der Waals surface area contributed by atoms with E-state index in [1.165, 1.54) is 0 Å². The van der Waals surface area contributed by atoms with E-state index in [4.69, 9.17) is 0 Å². The molecule has 0 fully saturated rings. The summed E-state index contributed by atoms with van der Waals surface area (Å²) in [6, 6.07) is 0. The molecule has 0 heterocycles. The Morgan fingerprint density at radius 2 is 0.600 bits per heavy atom. The smallest absolute Gasteiger partial charge is 0 e. The molecule has 0 aliphatic rings. The van der Waals surface area contributed by atoms with Crippen molar-refractivity contribution in [1.29, 1.82) is 0 Å². The molecule has 0 bridgehead atoms. The van der Waals surface area contributed by atoms with Crippen molar-refractivity contribution >= 4 is 0 Å². The van der Waals surface area contributed by atoms with E-state index >= 15 is 0 Å². The first kappa shape index (κ1) is 133. The molecule has 0 aliphatic carbocycles. The maximum atomic E-state index is 0. The maximum absolute atomic E-state index is 0. The van der Waals surface area contributed by atoms with Gasteiger partial charge in [-0.15, -0.1) is 0 Å². The summed E-state index contributed by atoms with van der Waals surface area (Å²) >= 11 is 0. The van der Waals surface area contributed by atoms with E-state index in [-0.39, 0.29) is 54.6 Å². The topological polar surface area (TPSA) is 85.5 Å². The van der Waals surface area contributed by atoms with Crippen molar-refractivity contribution in [2.75, 3.05) is 0 Å². The van der Waals surface area contributed by atoms with E-state index < -0.39 is 0 Å². The van der Waals surface area contributed by atoms with Crippen molar-refractivity contribution in [2.45, 2.75) is 0 Å². The molecule has 0 unspecified atom stereocenters. The van der Waals surface area contributed by atoms with Gasteiger partial charge in [0, 0.05) is 38.1 Å². The zero-order chi connectivity index (χ0) is 0. The van der Waals surface area contributed by atoms with Gasteiger partial charge in [-0.25, -0.2) is 0 Å². The Bertz CT molecular complexity index is 6.85. The number of hydrogen-bond donors (Lipinski definition) is 0. The van der Waals surface area contributed by atoms with Crippen molar-refractivity contribution in [3.05, 3.63) is 0 Å². The second-order valence-electron chi connectivity index (χ2n) is 0. The van der Waals surface area contributed by atoms with Crippen LogP contribution in [0.5, 0.6) is 0 Å². The summed E-state index contributed by atoms with van der Waals surface area (Å²) in [4.78, 5) is 0. The zero-order valence-electron chi connectivity index (χ0n) is 2.01. The van der Waals surface area contributed by atoms with Crippen LogP contribution in [-0.4, -0.2) is 0 Å². The molecule has 0 aliphatic heterocycles. The minimum absolute atomic E-state index is 0. The standard InChI is InChI=1S/Mn.Mo.3O/q;;3*-2. The van der Waals surface area contributed by atoms with E-state index in [9.17, 15) is 0 Å². The first-order chi connectivity index (χ1) is 0. The summed E-state index contributed by atoms with van der Waals surface area (Å²) in [5, 5.41) is 0. The van der Waals surface area contributed by atoms with Gasteiger partial charge in [0.15, 0.2) is 0 Å². The summed E-state index contributed by atoms with van der Waals surface area (Å²) in [5.41, 5.74) is 0. The van der Waals surface area contributed by atoms with E-state index in [1.54, 1.807) is 0 Å². The van der Waals surface area contributed by atoms with Gasteiger partial charge in [-0.05, 0) is 0 Å². The second kappa shape index (κ2) is 71.8. The van der Waals surface area contributed by atoms with Gasteiger partial charge in [0.25, 0.3) is 0 Å². The fourth-order valence-electron chi connectivity index (χ4n) is 0. The van der Waals surface area contributed by atoms with Gasteiger partial charge in [0.05, 0.1) is 0 Å². The Labute approximate surface area is 54.8 Å². The number of hydrogen-bond acceptors (Lipinski definition) is 0. The third kappa shape index (κ3) is 41.0. The fraction of sp³-hybridized carbons (Fsp3) is 0. The molecule has 0 aromatic rings. The fourth-order valence-corrected chi connectivity index (χ4v) is 0. The van der Waals surface area contributed by atoms with Gasteiger partial charge < -0.3 is 16.4 Å². The van der Waals surface area contributed by atoms with E-state index in [0.29, 0.717) is 0 Å². The van der Waals surface area contributed by atoms with Crippen LogP contribution in [0.2, 0.25) is 0 Å². The molecule has 3 nitrogen and oxygen atoms in total. The molecule has 0 saturated heterocycles. The first-order valence-electron chi connectivity index (χ1n) is 0. The van der Waals surface area contributed by atoms with E-state index in [0.717, 1.165) is 0 Å². The van der Waals surface area contributed by atoms with Gasteiger partial charge >= 0.3 is 0 Å². The molecule has 0 amide bonds. The van der Waals surface area contributed by atoms with Gasteiger partial charge in [0.2, 0.25) is 0 Å². The molecule has 0 aromatic carbocycles. The summed E-state index contributed by atoms with van der Waals surface area (Å²) in [7, 11) is 0. The van der Waals surface area contributed by atoms with Gasteiger partial charge in [-0.2, -0.15) is 0 Å². The van der Waals surface area contributed by atoms with Crippen LogP contribution in [0.4, 0.5) is 0 Å². The van der Waals surface area contributed by atoms with Crippen LogP contribution in [0.1, 0.15) is 0 Å². The van der Waals surface area contributed by atoms with Gasteiger partial charge in [-0.3, -0.25) is 0 Å². The summed E-state index contributed by atoms with van der Waals surface area (Å²) in [5.74, 6) is 0. The van der Waals surface area contributed by atoms with Crippen LogP contribution in [0.25, 0.3) is 0 Å². The van der Waals surface area contributed by atoms with Crippen LogP contribution in [0, 0.1) is 0 Å².